The number of nitrogens with zero attached hydrogens (tertiary/aromatic N) is 1. The molecule has 0 aliphatic carbocycles. The normalized spacial score (nSPS) is 20.7. The number of hydrogen-bond donors (Lipinski definition) is 16. The van der Waals surface area contributed by atoms with Gasteiger partial charge in [0, 0.05) is 18.0 Å². The highest BCUT2D eigenvalue weighted by Gasteiger charge is 2.41. The molecule has 2 rings (SSSR count). The zero-order chi connectivity index (χ0) is 68.8. The molecule has 1 aliphatic heterocycles. The number of nitrogens with two attached hydrogens (primary N) is 3. The first-order chi connectivity index (χ1) is 42.9. The molecule has 1 fully saturated rings. The zero-order valence-corrected chi connectivity index (χ0v) is 55.0. The van der Waals surface area contributed by atoms with Crippen LogP contribution in [0.1, 0.15) is 139 Å². The average Bonchev–Trinajstić information content (AvgIpc) is 3.20. The van der Waals surface area contributed by atoms with Crippen LogP contribution in [0.2, 0.25) is 5.02 Å². The van der Waals surface area contributed by atoms with Crippen molar-refractivity contribution in [1.82, 2.24) is 58.5 Å². The molecule has 0 saturated carbocycles. The van der Waals surface area contributed by atoms with Gasteiger partial charge in [-0.15, -0.1) is 0 Å². The van der Waals surface area contributed by atoms with Crippen molar-refractivity contribution in [3.05, 3.63) is 34.9 Å². The van der Waals surface area contributed by atoms with Gasteiger partial charge in [0.2, 0.25) is 65.0 Å². The maximum atomic E-state index is 14.4. The Hall–Kier alpha value is -7.70. The number of aliphatic hydroxyl groups excluding tert-OH is 2. The average molecular weight is 1310 g/mol. The number of unbranched alkanes of at least 4 members (excludes halogenated alkanes) is 1. The maximum Gasteiger partial charge on any atom is 0.329 e. The first-order valence-electron chi connectivity index (χ1n) is 31.1. The lowest BCUT2D eigenvalue weighted by Crippen LogP contribution is -2.63. The van der Waals surface area contributed by atoms with E-state index in [1.54, 1.807) is 74.6 Å². The lowest BCUT2D eigenvalue weighted by molar-refractivity contribution is -0.157. The number of hydrogen-bond acceptors (Lipinski definition) is 17. The number of likely N-dealkylation sites (N-methyl/N-ethyl adjacent to an activating group) is 1. The minimum Gasteiger partial charge on any atom is -0.458 e. The smallest absolute Gasteiger partial charge is 0.329 e. The van der Waals surface area contributed by atoms with E-state index in [-0.39, 0.29) is 31.8 Å². The number of aryl methyl sites for hydroxylation is 1. The number of guanidine groups is 1. The summed E-state index contributed by atoms with van der Waals surface area (Å²) in [5, 5.41) is 50.0. The van der Waals surface area contributed by atoms with Crippen LogP contribution in [0.5, 0.6) is 0 Å². The van der Waals surface area contributed by atoms with Gasteiger partial charge in [0.15, 0.2) is 5.96 Å². The van der Waals surface area contributed by atoms with E-state index in [9.17, 15) is 67.7 Å². The third-order valence-electron chi connectivity index (χ3n) is 16.3. The van der Waals surface area contributed by atoms with Crippen molar-refractivity contribution in [2.45, 2.75) is 212 Å². The molecule has 11 amide bonds. The van der Waals surface area contributed by atoms with Crippen LogP contribution in [-0.2, 0) is 68.7 Å². The minimum atomic E-state index is -1.83. The van der Waals surface area contributed by atoms with Gasteiger partial charge in [0.05, 0.1) is 19.3 Å². The number of aliphatic imine (C=N–C) groups is 1. The van der Waals surface area contributed by atoms with Crippen LogP contribution in [0.15, 0.2) is 29.3 Å². The van der Waals surface area contributed by atoms with Crippen molar-refractivity contribution in [2.75, 3.05) is 26.8 Å². The summed E-state index contributed by atoms with van der Waals surface area (Å²) >= 11 is 6.02. The molecule has 91 heavy (non-hydrogen) atoms. The van der Waals surface area contributed by atoms with Crippen LogP contribution < -0.4 is 75.7 Å². The van der Waals surface area contributed by atoms with Crippen LogP contribution in [0.4, 0.5) is 0 Å². The number of nitrogens with one attached hydrogen (secondary N) is 11. The van der Waals surface area contributed by atoms with Gasteiger partial charge in [-0.2, -0.15) is 0 Å². The Kier molecular flexibility index (Phi) is 35.1. The second kappa shape index (κ2) is 40.2. The van der Waals surface area contributed by atoms with Crippen LogP contribution in [-0.4, -0.2) is 186 Å². The Morgan fingerprint density at radius 1 is 0.604 bits per heavy atom. The Balaban J connectivity index is 2.39. The number of esters is 1. The van der Waals surface area contributed by atoms with E-state index in [2.05, 4.69) is 63.5 Å². The number of aliphatic hydroxyl groups is 2. The fourth-order valence-corrected chi connectivity index (χ4v) is 9.59. The third-order valence-corrected chi connectivity index (χ3v) is 16.6. The van der Waals surface area contributed by atoms with Gasteiger partial charge >= 0.3 is 5.97 Å². The second-order valence-electron chi connectivity index (χ2n) is 23.3. The molecule has 16 atom stereocenters. The van der Waals surface area contributed by atoms with E-state index in [0.29, 0.717) is 43.5 Å². The molecule has 0 aromatic heterocycles. The van der Waals surface area contributed by atoms with Gasteiger partial charge in [-0.05, 0) is 101 Å². The largest absolute Gasteiger partial charge is 0.458 e. The molecule has 0 spiro atoms. The minimum absolute atomic E-state index is 0.0950. The summed E-state index contributed by atoms with van der Waals surface area (Å²) in [4.78, 5) is 170. The highest BCUT2D eigenvalue weighted by atomic mass is 35.5. The summed E-state index contributed by atoms with van der Waals surface area (Å²) in [5.74, 6) is -13.3. The summed E-state index contributed by atoms with van der Waals surface area (Å²) in [6.07, 6.45) is 0.679. The van der Waals surface area contributed by atoms with Crippen LogP contribution >= 0.6 is 11.6 Å². The van der Waals surface area contributed by atoms with Gasteiger partial charge in [0.1, 0.15) is 66.5 Å². The molecular weight excluding hydrogens is 1210 g/mol. The quantitative estimate of drug-likeness (QED) is 0.0144. The molecule has 512 valence electrons. The van der Waals surface area contributed by atoms with Gasteiger partial charge in [-0.3, -0.25) is 57.7 Å². The van der Waals surface area contributed by atoms with Gasteiger partial charge in [-0.25, -0.2) is 4.79 Å². The molecule has 31 heteroatoms. The number of carbonyl (C=O) groups is 12. The van der Waals surface area contributed by atoms with Gasteiger partial charge in [0.25, 0.3) is 0 Å². The lowest BCUT2D eigenvalue weighted by atomic mass is 9.94. The molecule has 1 aromatic carbocycles. The molecule has 0 unspecified atom stereocenters. The SMILES string of the molecule is CC[C@H](C)[C@H](NC(=O)[C@@H](CCc1ccc(Cl)cc1)NC)C(=O)N[C@@H](CO)C(=O)N[C@H](CCC(N)=O)C(=O)N[C@@H](C(=O)N[C@H](C(=O)N[C@@H](CO)C(=O)N[C@H]1C(=O)N[C@@H](C)C(=O)N[C@@H](CCCCN=C(N)N)C(=O)N[C@@H]([C@@H](C)CC)C(=O)O[C@H]1C)[C@@H](C)CC)[C@@H](C)CC. The number of cyclic esters (lactones) is 1. The summed E-state index contributed by atoms with van der Waals surface area (Å²) in [6, 6.07) is -8.40. The van der Waals surface area contributed by atoms with Crippen molar-refractivity contribution in [3.63, 3.8) is 0 Å². The lowest BCUT2D eigenvalue weighted by Gasteiger charge is -2.31. The van der Waals surface area contributed by atoms with Crippen molar-refractivity contribution in [2.24, 2.45) is 45.9 Å². The van der Waals surface area contributed by atoms with Crippen molar-refractivity contribution in [1.29, 1.82) is 0 Å². The Bertz CT molecular complexity index is 2650. The van der Waals surface area contributed by atoms with E-state index in [1.807, 2.05) is 12.1 Å². The molecule has 1 saturated heterocycles. The van der Waals surface area contributed by atoms with Gasteiger partial charge < -0.3 is 90.6 Å². The predicted molar refractivity (Wildman–Crippen MR) is 338 cm³/mol. The zero-order valence-electron chi connectivity index (χ0n) is 54.2. The topological polar surface area (TPSA) is 477 Å². The number of halogens is 1. The highest BCUT2D eigenvalue weighted by molar-refractivity contribution is 6.30. The summed E-state index contributed by atoms with van der Waals surface area (Å²) in [7, 11) is 1.59. The molecule has 0 bridgehead atoms. The number of rotatable bonds is 36. The van der Waals surface area contributed by atoms with Crippen LogP contribution in [0.25, 0.3) is 0 Å². The molecule has 1 heterocycles. The number of carbonyl (C=O) groups excluding carboxylic acids is 12. The van der Waals surface area contributed by atoms with E-state index < -0.39 is 193 Å². The fraction of sp³-hybridized carbons (Fsp3) is 0.683. The molecule has 30 nitrogen and oxygen atoms in total. The third kappa shape index (κ3) is 26.2. The first-order valence-corrected chi connectivity index (χ1v) is 31.5. The van der Waals surface area contributed by atoms with Crippen molar-refractivity contribution >= 4 is 88.5 Å². The molecule has 1 aliphatic rings. The van der Waals surface area contributed by atoms with Crippen molar-refractivity contribution < 1.29 is 72.5 Å². The monoisotopic (exact) mass is 1310 g/mol. The summed E-state index contributed by atoms with van der Waals surface area (Å²) in [5.41, 5.74) is 17.2. The molecular formula is C60H100ClN15O15. The Morgan fingerprint density at radius 2 is 1.09 bits per heavy atom. The first kappa shape index (κ1) is 79.4. The number of ether oxygens (including phenoxy) is 1. The van der Waals surface area contributed by atoms with Crippen molar-refractivity contribution in [3.8, 4) is 0 Å². The highest BCUT2D eigenvalue weighted by Crippen LogP contribution is 2.18. The van der Waals surface area contributed by atoms with E-state index in [0.717, 1.165) is 5.56 Å². The fourth-order valence-electron chi connectivity index (χ4n) is 9.46. The van der Waals surface area contributed by atoms with Crippen LogP contribution in [0.3, 0.4) is 0 Å². The number of benzene rings is 1. The number of primary amides is 1. The summed E-state index contributed by atoms with van der Waals surface area (Å²) < 4.78 is 5.73. The van der Waals surface area contributed by atoms with E-state index in [4.69, 9.17) is 33.5 Å². The van der Waals surface area contributed by atoms with Gasteiger partial charge in [-0.1, -0.05) is 105 Å². The Labute approximate surface area is 537 Å². The van der Waals surface area contributed by atoms with E-state index >= 15 is 0 Å². The molecule has 19 N–H and O–H groups in total. The Morgan fingerprint density at radius 3 is 1.57 bits per heavy atom. The summed E-state index contributed by atoms with van der Waals surface area (Å²) in [6.45, 7) is 14.3. The van der Waals surface area contributed by atoms with E-state index in [1.165, 1.54) is 13.8 Å². The second-order valence-corrected chi connectivity index (χ2v) is 23.7. The van der Waals surface area contributed by atoms with Crippen LogP contribution in [0, 0.1) is 23.7 Å². The predicted octanol–water partition coefficient (Wildman–Crippen LogP) is -2.45. The maximum absolute atomic E-state index is 14.4. The molecule has 0 radical (unpaired) electrons. The molecule has 1 aromatic rings. The number of amides is 11. The standard InChI is InChI=1S/C60H100ClN15O15/c1-12-30(5)44(72-50(81)38(65-11)24-21-36-19-22-37(61)23-20-36)55(86)70-41(28-77)53(84)69-40(25-26-43(62)79)52(83)73-46(32(7)14-3)57(88)74-45(31(6)13-2)56(87)71-42(29-78)54(85)76-48-35(10)91-59(90)47(33(8)15-4)75-51(82)39(18-16-17-27-66-60(63)64)68-49(80)34(9)67-58(48)89/h19-20,22-23,30-35,38-42,44-48,65,77-78H,12-18,21,24-29H2,1-11H3,(H2,62,79)(H,67,89)(H,68,80)(H,69,84)(H,70,86)(H,71,87)(H,72,81)(H,73,83)(H,74,88)(H,75,82)(H,76,85)(H4,63,64,66)/t30-,31-,32-,33-,34-,35-,38+,39-,40+,41-,42-,44-,45-,46+,47-,48+/m0/s1.